The van der Waals surface area contributed by atoms with Crippen molar-refractivity contribution in [3.05, 3.63) is 51.9 Å². The van der Waals surface area contributed by atoms with Gasteiger partial charge in [-0.25, -0.2) is 14.2 Å². The first kappa shape index (κ1) is 13.5. The zero-order chi connectivity index (χ0) is 14.0. The van der Waals surface area contributed by atoms with E-state index < -0.39 is 11.8 Å². The number of rotatable bonds is 3. The second-order valence-corrected chi connectivity index (χ2v) is 4.70. The van der Waals surface area contributed by atoms with E-state index in [-0.39, 0.29) is 11.4 Å². The predicted molar refractivity (Wildman–Crippen MR) is 70.1 cm³/mol. The van der Waals surface area contributed by atoms with Gasteiger partial charge in [0.15, 0.2) is 0 Å². The van der Waals surface area contributed by atoms with Crippen molar-refractivity contribution in [2.24, 2.45) is 0 Å². The molecule has 0 bridgehead atoms. The summed E-state index contributed by atoms with van der Waals surface area (Å²) in [4.78, 5) is 14.7. The number of aryl methyl sites for hydroxylation is 1. The number of ether oxygens (including phenoxy) is 1. The summed E-state index contributed by atoms with van der Waals surface area (Å²) in [6, 6.07) is 6.17. The van der Waals surface area contributed by atoms with Gasteiger partial charge in [-0.05, 0) is 46.6 Å². The molecule has 0 saturated carbocycles. The summed E-state index contributed by atoms with van der Waals surface area (Å²) in [6.45, 7) is 1.91. The first-order valence-electron chi connectivity index (χ1n) is 5.30. The Morgan fingerprint density at radius 2 is 2.16 bits per heavy atom. The minimum Gasteiger partial charge on any atom is -0.477 e. The standard InChI is InChI=1S/C13H9BrFNO3/c1-7-2-3-11(10(14)4-7)19-12-9(13(17)18)5-8(15)6-16-12/h2-6H,1H3,(H,17,18). The molecule has 19 heavy (non-hydrogen) atoms. The molecule has 0 atom stereocenters. The van der Waals surface area contributed by atoms with E-state index in [0.717, 1.165) is 17.8 Å². The van der Waals surface area contributed by atoms with Crippen molar-refractivity contribution in [3.8, 4) is 11.6 Å². The van der Waals surface area contributed by atoms with Gasteiger partial charge < -0.3 is 9.84 Å². The van der Waals surface area contributed by atoms with E-state index in [1.54, 1.807) is 6.07 Å². The van der Waals surface area contributed by atoms with Crippen LogP contribution in [0.4, 0.5) is 4.39 Å². The van der Waals surface area contributed by atoms with Crippen LogP contribution in [0.1, 0.15) is 15.9 Å². The second-order valence-electron chi connectivity index (χ2n) is 3.85. The lowest BCUT2D eigenvalue weighted by atomic mass is 10.2. The molecule has 0 fully saturated rings. The van der Waals surface area contributed by atoms with Crippen molar-refractivity contribution < 1.29 is 19.0 Å². The molecular weight excluding hydrogens is 317 g/mol. The smallest absolute Gasteiger partial charge is 0.341 e. The number of aromatic nitrogens is 1. The molecule has 0 radical (unpaired) electrons. The SMILES string of the molecule is Cc1ccc(Oc2ncc(F)cc2C(=O)O)c(Br)c1. The average molecular weight is 326 g/mol. The minimum absolute atomic E-state index is 0.154. The normalized spacial score (nSPS) is 10.3. The fourth-order valence-electron chi connectivity index (χ4n) is 1.45. The lowest BCUT2D eigenvalue weighted by molar-refractivity contribution is 0.0692. The van der Waals surface area contributed by atoms with Crippen LogP contribution in [0.25, 0.3) is 0 Å². The Bertz CT molecular complexity index is 646. The van der Waals surface area contributed by atoms with Gasteiger partial charge in [-0.1, -0.05) is 6.07 Å². The molecule has 2 rings (SSSR count). The number of carboxylic acids is 1. The first-order valence-corrected chi connectivity index (χ1v) is 6.09. The van der Waals surface area contributed by atoms with Crippen LogP contribution >= 0.6 is 15.9 Å². The molecule has 0 amide bonds. The number of benzene rings is 1. The molecule has 98 valence electrons. The van der Waals surface area contributed by atoms with Crippen LogP contribution < -0.4 is 4.74 Å². The molecule has 6 heteroatoms. The maximum Gasteiger partial charge on any atom is 0.341 e. The van der Waals surface area contributed by atoms with Crippen LogP contribution in [-0.2, 0) is 0 Å². The molecule has 0 unspecified atom stereocenters. The van der Waals surface area contributed by atoms with Gasteiger partial charge in [0.25, 0.3) is 0 Å². The Kier molecular flexibility index (Phi) is 3.80. The zero-order valence-corrected chi connectivity index (χ0v) is 11.4. The van der Waals surface area contributed by atoms with Crippen LogP contribution in [0, 0.1) is 12.7 Å². The van der Waals surface area contributed by atoms with E-state index in [2.05, 4.69) is 20.9 Å². The number of pyridine rings is 1. The van der Waals surface area contributed by atoms with Crippen molar-refractivity contribution in [1.29, 1.82) is 0 Å². The summed E-state index contributed by atoms with van der Waals surface area (Å²) in [7, 11) is 0. The van der Waals surface area contributed by atoms with Gasteiger partial charge in [-0.3, -0.25) is 0 Å². The van der Waals surface area contributed by atoms with Crippen molar-refractivity contribution in [2.75, 3.05) is 0 Å². The Morgan fingerprint density at radius 3 is 2.79 bits per heavy atom. The van der Waals surface area contributed by atoms with Gasteiger partial charge in [-0.2, -0.15) is 0 Å². The van der Waals surface area contributed by atoms with Gasteiger partial charge in [0.05, 0.1) is 10.7 Å². The third-order valence-electron chi connectivity index (χ3n) is 2.34. The predicted octanol–water partition coefficient (Wildman–Crippen LogP) is 3.78. The topological polar surface area (TPSA) is 59.4 Å². The zero-order valence-electron chi connectivity index (χ0n) is 9.85. The Balaban J connectivity index is 2.40. The van der Waals surface area contributed by atoms with Crippen molar-refractivity contribution >= 4 is 21.9 Å². The summed E-state index contributed by atoms with van der Waals surface area (Å²) >= 11 is 3.31. The highest BCUT2D eigenvalue weighted by atomic mass is 79.9. The van der Waals surface area contributed by atoms with E-state index in [1.165, 1.54) is 0 Å². The summed E-state index contributed by atoms with van der Waals surface area (Å²) < 4.78 is 19.1. The van der Waals surface area contributed by atoms with E-state index in [9.17, 15) is 9.18 Å². The van der Waals surface area contributed by atoms with Crippen LogP contribution in [0.3, 0.4) is 0 Å². The van der Waals surface area contributed by atoms with Crippen LogP contribution in [-0.4, -0.2) is 16.1 Å². The van der Waals surface area contributed by atoms with Gasteiger partial charge >= 0.3 is 5.97 Å². The van der Waals surface area contributed by atoms with Crippen molar-refractivity contribution in [3.63, 3.8) is 0 Å². The Morgan fingerprint density at radius 1 is 1.42 bits per heavy atom. The molecule has 0 aliphatic carbocycles. The summed E-state index contributed by atoms with van der Waals surface area (Å²) in [6.07, 6.45) is 0.907. The molecule has 4 nitrogen and oxygen atoms in total. The van der Waals surface area contributed by atoms with Crippen LogP contribution in [0.2, 0.25) is 0 Å². The largest absolute Gasteiger partial charge is 0.477 e. The van der Waals surface area contributed by atoms with Crippen molar-refractivity contribution in [2.45, 2.75) is 6.92 Å². The number of hydrogen-bond acceptors (Lipinski definition) is 3. The first-order chi connectivity index (χ1) is 8.97. The molecule has 2 aromatic rings. The van der Waals surface area contributed by atoms with Gasteiger partial charge in [0.1, 0.15) is 17.1 Å². The lowest BCUT2D eigenvalue weighted by Gasteiger charge is -2.09. The highest BCUT2D eigenvalue weighted by Crippen LogP contribution is 2.31. The van der Waals surface area contributed by atoms with E-state index in [1.807, 2.05) is 19.1 Å². The van der Waals surface area contributed by atoms with Crippen molar-refractivity contribution in [1.82, 2.24) is 4.98 Å². The Labute approximate surface area is 117 Å². The van der Waals surface area contributed by atoms with Gasteiger partial charge in [0.2, 0.25) is 5.88 Å². The highest BCUT2D eigenvalue weighted by molar-refractivity contribution is 9.10. The molecule has 0 saturated heterocycles. The number of carboxylic acid groups (broad SMARTS) is 1. The number of carbonyl (C=O) groups is 1. The Hall–Kier alpha value is -1.95. The molecule has 1 heterocycles. The molecule has 1 aromatic heterocycles. The fraction of sp³-hybridized carbons (Fsp3) is 0.0769. The maximum atomic E-state index is 13.0. The molecule has 0 spiro atoms. The molecule has 1 aromatic carbocycles. The fourth-order valence-corrected chi connectivity index (χ4v) is 2.03. The second kappa shape index (κ2) is 5.36. The summed E-state index contributed by atoms with van der Waals surface area (Å²) in [5.41, 5.74) is 0.692. The highest BCUT2D eigenvalue weighted by Gasteiger charge is 2.16. The summed E-state index contributed by atoms with van der Waals surface area (Å²) in [5, 5.41) is 8.98. The van der Waals surface area contributed by atoms with Crippen LogP contribution in [0.15, 0.2) is 34.9 Å². The molecule has 0 aliphatic heterocycles. The van der Waals surface area contributed by atoms with Crippen LogP contribution in [0.5, 0.6) is 11.6 Å². The number of aromatic carboxylic acids is 1. The van der Waals surface area contributed by atoms with E-state index in [4.69, 9.17) is 9.84 Å². The maximum absolute atomic E-state index is 13.0. The number of nitrogens with zero attached hydrogens (tertiary/aromatic N) is 1. The number of hydrogen-bond donors (Lipinski definition) is 1. The molecule has 1 N–H and O–H groups in total. The third kappa shape index (κ3) is 3.08. The molecule has 0 aliphatic rings. The minimum atomic E-state index is -1.30. The monoisotopic (exact) mass is 325 g/mol. The average Bonchev–Trinajstić information content (AvgIpc) is 2.34. The third-order valence-corrected chi connectivity index (χ3v) is 2.96. The van der Waals surface area contributed by atoms with E-state index in [0.29, 0.717) is 10.2 Å². The quantitative estimate of drug-likeness (QED) is 0.932. The molecular formula is C13H9BrFNO3. The lowest BCUT2D eigenvalue weighted by Crippen LogP contribution is -2.03. The van der Waals surface area contributed by atoms with E-state index >= 15 is 0 Å². The van der Waals surface area contributed by atoms with Gasteiger partial charge in [-0.15, -0.1) is 0 Å². The summed E-state index contributed by atoms with van der Waals surface area (Å²) in [5.74, 6) is -1.77. The number of halogens is 2. The van der Waals surface area contributed by atoms with Gasteiger partial charge in [0, 0.05) is 0 Å².